The smallest absolute Gasteiger partial charge is 0.240 e. The molecule has 138 valence electrons. The van der Waals surface area contributed by atoms with Crippen LogP contribution < -0.4 is 20.9 Å². The van der Waals surface area contributed by atoms with Crippen molar-refractivity contribution in [2.24, 2.45) is 0 Å². The van der Waals surface area contributed by atoms with Crippen LogP contribution in [0.1, 0.15) is 32.1 Å². The lowest BCUT2D eigenvalue weighted by atomic mass is 10.3. The lowest BCUT2D eigenvalue weighted by molar-refractivity contribution is -0.121. The van der Waals surface area contributed by atoms with E-state index in [0.717, 1.165) is 12.8 Å². The Kier molecular flexibility index (Phi) is 7.42. The van der Waals surface area contributed by atoms with Gasteiger partial charge in [0.05, 0.1) is 4.90 Å². The number of hydrogen-bond acceptors (Lipinski definition) is 4. The van der Waals surface area contributed by atoms with Crippen molar-refractivity contribution in [1.29, 1.82) is 0 Å². The van der Waals surface area contributed by atoms with Gasteiger partial charge in [0.25, 0.3) is 0 Å². The Morgan fingerprint density at radius 2 is 1.80 bits per heavy atom. The van der Waals surface area contributed by atoms with Crippen LogP contribution in [0.3, 0.4) is 0 Å². The highest BCUT2D eigenvalue weighted by Crippen LogP contribution is 2.17. The second-order valence-electron chi connectivity index (χ2n) is 5.73. The van der Waals surface area contributed by atoms with E-state index in [1.165, 1.54) is 37.1 Å². The maximum absolute atomic E-state index is 12.1. The number of rotatable bonds is 6. The second-order valence-corrected chi connectivity index (χ2v) is 8.34. The van der Waals surface area contributed by atoms with E-state index in [1.807, 2.05) is 0 Å². The first-order chi connectivity index (χ1) is 11.9. The molecule has 25 heavy (non-hydrogen) atoms. The fraction of sp³-hybridized carbons (Fsp3) is 0.467. The normalized spacial score (nSPS) is 14.9. The van der Waals surface area contributed by atoms with Gasteiger partial charge in [0.2, 0.25) is 15.9 Å². The average Bonchev–Trinajstić information content (AvgIpc) is 3.06. The van der Waals surface area contributed by atoms with Gasteiger partial charge in [-0.15, -0.1) is 0 Å². The molecule has 0 spiro atoms. The summed E-state index contributed by atoms with van der Waals surface area (Å²) in [7, 11) is -3.67. The molecule has 0 unspecified atom stereocenters. The van der Waals surface area contributed by atoms with Crippen molar-refractivity contribution in [2.75, 3.05) is 6.54 Å². The number of amides is 1. The average molecular weight is 405 g/mol. The fourth-order valence-corrected chi connectivity index (χ4v) is 3.85. The van der Waals surface area contributed by atoms with Crippen molar-refractivity contribution >= 4 is 44.9 Å². The number of hydrogen-bond donors (Lipinski definition) is 4. The van der Waals surface area contributed by atoms with Gasteiger partial charge < -0.3 is 5.32 Å². The van der Waals surface area contributed by atoms with Crippen LogP contribution in [0.2, 0.25) is 5.02 Å². The molecule has 1 fully saturated rings. The van der Waals surface area contributed by atoms with E-state index in [-0.39, 0.29) is 23.8 Å². The van der Waals surface area contributed by atoms with Gasteiger partial charge in [-0.1, -0.05) is 24.4 Å². The van der Waals surface area contributed by atoms with Gasteiger partial charge in [0.15, 0.2) is 5.11 Å². The Balaban J connectivity index is 1.67. The van der Waals surface area contributed by atoms with Crippen LogP contribution in [-0.4, -0.2) is 32.0 Å². The van der Waals surface area contributed by atoms with E-state index in [4.69, 9.17) is 23.8 Å². The van der Waals surface area contributed by atoms with Crippen LogP contribution >= 0.6 is 23.8 Å². The SMILES string of the molecule is O=C(CCNS(=O)(=O)c1ccc(Cl)cc1)NNC(=S)NC1CCCC1. The van der Waals surface area contributed by atoms with Gasteiger partial charge in [-0.2, -0.15) is 0 Å². The molecule has 1 aliphatic rings. The summed E-state index contributed by atoms with van der Waals surface area (Å²) in [5, 5.41) is 3.94. The van der Waals surface area contributed by atoms with Crippen molar-refractivity contribution in [1.82, 2.24) is 20.9 Å². The van der Waals surface area contributed by atoms with Crippen molar-refractivity contribution < 1.29 is 13.2 Å². The Morgan fingerprint density at radius 1 is 1.16 bits per heavy atom. The highest BCUT2D eigenvalue weighted by atomic mass is 35.5. The van der Waals surface area contributed by atoms with Gasteiger partial charge in [-0.3, -0.25) is 15.6 Å². The quantitative estimate of drug-likeness (QED) is 0.423. The maximum atomic E-state index is 12.1. The Hall–Kier alpha value is -1.42. The van der Waals surface area contributed by atoms with Gasteiger partial charge in [0, 0.05) is 24.0 Å². The summed E-state index contributed by atoms with van der Waals surface area (Å²) < 4.78 is 26.5. The van der Waals surface area contributed by atoms with Crippen LogP contribution in [0.4, 0.5) is 0 Å². The van der Waals surface area contributed by atoms with E-state index in [1.54, 1.807) is 0 Å². The summed E-state index contributed by atoms with van der Waals surface area (Å²) in [5.74, 6) is -0.366. The zero-order valence-corrected chi connectivity index (χ0v) is 15.9. The minimum atomic E-state index is -3.67. The number of thiocarbonyl (C=S) groups is 1. The third-order valence-corrected chi connectivity index (χ3v) is 5.72. The van der Waals surface area contributed by atoms with E-state index >= 15 is 0 Å². The van der Waals surface area contributed by atoms with E-state index < -0.39 is 10.0 Å². The number of halogens is 1. The Morgan fingerprint density at radius 3 is 2.44 bits per heavy atom. The van der Waals surface area contributed by atoms with Crippen molar-refractivity contribution in [3.8, 4) is 0 Å². The predicted molar refractivity (Wildman–Crippen MR) is 101 cm³/mol. The molecule has 1 saturated carbocycles. The number of nitrogens with one attached hydrogen (secondary N) is 4. The van der Waals surface area contributed by atoms with Crippen LogP contribution in [0.15, 0.2) is 29.2 Å². The van der Waals surface area contributed by atoms with E-state index in [9.17, 15) is 13.2 Å². The summed E-state index contributed by atoms with van der Waals surface area (Å²) >= 11 is 10.8. The lowest BCUT2D eigenvalue weighted by Gasteiger charge is -2.16. The fourth-order valence-electron chi connectivity index (χ4n) is 2.48. The monoisotopic (exact) mass is 404 g/mol. The van der Waals surface area contributed by atoms with E-state index in [2.05, 4.69) is 20.9 Å². The summed E-state index contributed by atoms with van der Waals surface area (Å²) in [5.41, 5.74) is 5.07. The minimum absolute atomic E-state index is 0.0220. The van der Waals surface area contributed by atoms with Crippen LogP contribution in [0.5, 0.6) is 0 Å². The summed E-state index contributed by atoms with van der Waals surface area (Å²) in [6.45, 7) is -0.0265. The molecule has 2 rings (SSSR count). The third kappa shape index (κ3) is 6.77. The number of benzene rings is 1. The third-order valence-electron chi connectivity index (χ3n) is 3.77. The molecule has 0 heterocycles. The molecule has 0 aromatic heterocycles. The number of hydrazine groups is 1. The first kappa shape index (κ1) is 19.9. The molecule has 0 atom stereocenters. The largest absolute Gasteiger partial charge is 0.359 e. The zero-order valence-electron chi connectivity index (χ0n) is 13.5. The first-order valence-electron chi connectivity index (χ1n) is 7.97. The molecule has 0 aliphatic heterocycles. The van der Waals surface area contributed by atoms with Crippen LogP contribution in [0.25, 0.3) is 0 Å². The minimum Gasteiger partial charge on any atom is -0.359 e. The van der Waals surface area contributed by atoms with Gasteiger partial charge in [0.1, 0.15) is 0 Å². The van der Waals surface area contributed by atoms with Crippen molar-refractivity contribution in [3.05, 3.63) is 29.3 Å². The summed E-state index contributed by atoms with van der Waals surface area (Å²) in [6.07, 6.45) is 4.48. The number of carbonyl (C=O) groups excluding carboxylic acids is 1. The maximum Gasteiger partial charge on any atom is 0.240 e. The Bertz CT molecular complexity index is 704. The summed E-state index contributed by atoms with van der Waals surface area (Å²) in [6, 6.07) is 6.14. The zero-order chi connectivity index (χ0) is 18.3. The van der Waals surface area contributed by atoms with Gasteiger partial charge in [-0.05, 0) is 49.3 Å². The Labute approximate surface area is 157 Å². The molecule has 0 saturated heterocycles. The molecule has 0 radical (unpaired) electrons. The van der Waals surface area contributed by atoms with Crippen molar-refractivity contribution in [2.45, 2.75) is 43.0 Å². The highest BCUT2D eigenvalue weighted by Gasteiger charge is 2.16. The molecule has 1 amide bonds. The molecule has 1 aliphatic carbocycles. The second kappa shape index (κ2) is 9.33. The topological polar surface area (TPSA) is 99.3 Å². The van der Waals surface area contributed by atoms with Gasteiger partial charge in [-0.25, -0.2) is 13.1 Å². The highest BCUT2D eigenvalue weighted by molar-refractivity contribution is 7.89. The lowest BCUT2D eigenvalue weighted by Crippen LogP contribution is -2.49. The van der Waals surface area contributed by atoms with Crippen LogP contribution in [-0.2, 0) is 14.8 Å². The molecule has 10 heteroatoms. The molecule has 4 N–H and O–H groups in total. The molecular weight excluding hydrogens is 384 g/mol. The van der Waals surface area contributed by atoms with Crippen LogP contribution in [0, 0.1) is 0 Å². The van der Waals surface area contributed by atoms with Gasteiger partial charge >= 0.3 is 0 Å². The van der Waals surface area contributed by atoms with E-state index in [0.29, 0.717) is 16.2 Å². The molecule has 1 aromatic rings. The number of sulfonamides is 1. The van der Waals surface area contributed by atoms with Crippen molar-refractivity contribution in [3.63, 3.8) is 0 Å². The summed E-state index contributed by atoms with van der Waals surface area (Å²) in [4.78, 5) is 11.8. The standard InChI is InChI=1S/C15H21ClN4O3S2/c16-11-5-7-13(8-6-11)25(22,23)17-10-9-14(21)19-20-15(24)18-12-3-1-2-4-12/h5-8,12,17H,1-4,9-10H2,(H,19,21)(H2,18,20,24). The molecule has 1 aromatic carbocycles. The predicted octanol–water partition coefficient (Wildman–Crippen LogP) is 1.45. The molecule has 7 nitrogen and oxygen atoms in total. The first-order valence-corrected chi connectivity index (χ1v) is 10.2. The number of carbonyl (C=O) groups is 1. The molecule has 0 bridgehead atoms. The molecular formula is C15H21ClN4O3S2.